The molecule has 0 unspecified atom stereocenters. The van der Waals surface area contributed by atoms with Crippen LogP contribution in [0.3, 0.4) is 0 Å². The minimum absolute atomic E-state index is 0.0592. The molecule has 0 spiro atoms. The second-order valence-corrected chi connectivity index (χ2v) is 11.3. The van der Waals surface area contributed by atoms with Crippen LogP contribution in [0, 0.1) is 17.5 Å². The van der Waals surface area contributed by atoms with Crippen LogP contribution in [0.5, 0.6) is 0 Å². The summed E-state index contributed by atoms with van der Waals surface area (Å²) in [7, 11) is -4.16. The highest BCUT2D eigenvalue weighted by Gasteiger charge is 2.33. The van der Waals surface area contributed by atoms with Crippen LogP contribution < -0.4 is 9.62 Å². The van der Waals surface area contributed by atoms with E-state index in [-0.39, 0.29) is 30.3 Å². The molecule has 1 N–H and O–H groups in total. The number of benzene rings is 3. The van der Waals surface area contributed by atoms with Crippen molar-refractivity contribution in [3.8, 4) is 0 Å². The highest BCUT2D eigenvalue weighted by molar-refractivity contribution is 7.92. The third-order valence-corrected chi connectivity index (χ3v) is 7.01. The van der Waals surface area contributed by atoms with Crippen molar-refractivity contribution < 1.29 is 31.2 Å². The number of sulfonamides is 1. The highest BCUT2D eigenvalue weighted by atomic mass is 32.2. The van der Waals surface area contributed by atoms with Crippen molar-refractivity contribution in [3.63, 3.8) is 0 Å². The van der Waals surface area contributed by atoms with Crippen molar-refractivity contribution in [2.24, 2.45) is 0 Å². The molecule has 0 aliphatic carbocycles. The Balaban J connectivity index is 2.08. The third-order valence-electron chi connectivity index (χ3n) is 5.87. The van der Waals surface area contributed by atoms with Gasteiger partial charge in [-0.05, 0) is 37.6 Å². The molecule has 3 aromatic carbocycles. The van der Waals surface area contributed by atoms with Gasteiger partial charge in [0.1, 0.15) is 18.4 Å². The summed E-state index contributed by atoms with van der Waals surface area (Å²) in [6, 6.07) is 15.6. The van der Waals surface area contributed by atoms with Crippen LogP contribution in [0.25, 0.3) is 0 Å². The monoisotopic (exact) mass is 561 g/mol. The first-order valence-electron chi connectivity index (χ1n) is 12.2. The normalized spacial score (nSPS) is 12.2. The highest BCUT2D eigenvalue weighted by Crippen LogP contribution is 2.23. The maximum Gasteiger partial charge on any atom is 0.244 e. The molecule has 2 amide bonds. The summed E-state index contributed by atoms with van der Waals surface area (Å²) in [6.07, 6.45) is 0.874. The van der Waals surface area contributed by atoms with Gasteiger partial charge in [-0.1, -0.05) is 48.5 Å². The zero-order valence-corrected chi connectivity index (χ0v) is 22.6. The van der Waals surface area contributed by atoms with Crippen LogP contribution in [-0.4, -0.2) is 50.0 Å². The van der Waals surface area contributed by atoms with E-state index in [4.69, 9.17) is 0 Å². The van der Waals surface area contributed by atoms with Crippen LogP contribution in [0.15, 0.2) is 72.8 Å². The molecule has 11 heteroatoms. The molecule has 1 atom stereocenters. The van der Waals surface area contributed by atoms with Crippen molar-refractivity contribution in [1.29, 1.82) is 0 Å². The van der Waals surface area contributed by atoms with E-state index in [0.29, 0.717) is 15.9 Å². The van der Waals surface area contributed by atoms with Crippen LogP contribution in [-0.2, 0) is 32.6 Å². The molecule has 0 saturated carbocycles. The molecule has 0 bridgehead atoms. The molecule has 0 heterocycles. The lowest BCUT2D eigenvalue weighted by molar-refractivity contribution is -0.140. The van der Waals surface area contributed by atoms with Crippen LogP contribution in [0.2, 0.25) is 0 Å². The van der Waals surface area contributed by atoms with Gasteiger partial charge >= 0.3 is 0 Å². The Morgan fingerprint density at radius 3 is 2.10 bits per heavy atom. The Labute approximate surface area is 226 Å². The van der Waals surface area contributed by atoms with Crippen LogP contribution in [0.4, 0.5) is 18.9 Å². The predicted octanol–water partition coefficient (Wildman–Crippen LogP) is 4.03. The van der Waals surface area contributed by atoms with Crippen molar-refractivity contribution >= 4 is 27.5 Å². The minimum atomic E-state index is -4.16. The molecule has 0 fully saturated rings. The van der Waals surface area contributed by atoms with E-state index in [1.54, 1.807) is 50.2 Å². The van der Waals surface area contributed by atoms with Gasteiger partial charge in [-0.3, -0.25) is 13.9 Å². The molecule has 0 radical (unpaired) electrons. The number of anilines is 1. The second kappa shape index (κ2) is 12.8. The molecule has 0 aliphatic heterocycles. The molecule has 208 valence electrons. The quantitative estimate of drug-likeness (QED) is 0.383. The zero-order chi connectivity index (χ0) is 28.7. The van der Waals surface area contributed by atoms with Crippen LogP contribution >= 0.6 is 0 Å². The first-order chi connectivity index (χ1) is 18.4. The smallest absolute Gasteiger partial charge is 0.244 e. The van der Waals surface area contributed by atoms with E-state index in [0.717, 1.165) is 23.3 Å². The number of hydrogen-bond acceptors (Lipinski definition) is 4. The Kier molecular flexibility index (Phi) is 9.74. The number of amides is 2. The first-order valence-corrected chi connectivity index (χ1v) is 14.0. The predicted molar refractivity (Wildman–Crippen MR) is 143 cm³/mol. The molecule has 7 nitrogen and oxygen atoms in total. The number of nitrogens with zero attached hydrogens (tertiary/aromatic N) is 2. The summed E-state index contributed by atoms with van der Waals surface area (Å²) in [5, 5.41) is 2.78. The fourth-order valence-corrected chi connectivity index (χ4v) is 4.84. The van der Waals surface area contributed by atoms with E-state index in [9.17, 15) is 31.2 Å². The van der Waals surface area contributed by atoms with Crippen molar-refractivity contribution in [1.82, 2.24) is 10.2 Å². The van der Waals surface area contributed by atoms with E-state index in [1.807, 2.05) is 0 Å². The fourth-order valence-electron chi connectivity index (χ4n) is 4.00. The van der Waals surface area contributed by atoms with Gasteiger partial charge in [-0.25, -0.2) is 21.6 Å². The average molecular weight is 562 g/mol. The SMILES string of the molecule is CC(C)NC(=O)[C@@H](Cc1ccccc1)N(Cc1ccccc1F)C(=O)CN(c1ccc(F)c(F)c1)S(C)(=O)=O. The van der Waals surface area contributed by atoms with E-state index < -0.39 is 51.9 Å². The van der Waals surface area contributed by atoms with Gasteiger partial charge in [-0.2, -0.15) is 0 Å². The van der Waals surface area contributed by atoms with Crippen molar-refractivity contribution in [2.45, 2.75) is 38.9 Å². The van der Waals surface area contributed by atoms with Crippen molar-refractivity contribution in [3.05, 3.63) is 101 Å². The number of carbonyl (C=O) groups is 2. The summed E-state index contributed by atoms with van der Waals surface area (Å²) in [4.78, 5) is 28.3. The minimum Gasteiger partial charge on any atom is -0.352 e. The lowest BCUT2D eigenvalue weighted by atomic mass is 10.0. The summed E-state index contributed by atoms with van der Waals surface area (Å²) < 4.78 is 68.1. The molecule has 0 saturated heterocycles. The number of rotatable bonds is 11. The Bertz CT molecular complexity index is 1420. The summed E-state index contributed by atoms with van der Waals surface area (Å²) in [5.41, 5.74) is 0.551. The largest absolute Gasteiger partial charge is 0.352 e. The maximum atomic E-state index is 14.7. The Morgan fingerprint density at radius 1 is 0.872 bits per heavy atom. The van der Waals surface area contributed by atoms with Gasteiger partial charge < -0.3 is 10.2 Å². The lowest BCUT2D eigenvalue weighted by Crippen LogP contribution is -2.54. The molecule has 0 aliphatic rings. The molecule has 0 aromatic heterocycles. The topological polar surface area (TPSA) is 86.8 Å². The van der Waals surface area contributed by atoms with Gasteiger partial charge in [0, 0.05) is 30.6 Å². The fraction of sp³-hybridized carbons (Fsp3) is 0.286. The Morgan fingerprint density at radius 2 is 1.51 bits per heavy atom. The van der Waals surface area contributed by atoms with E-state index in [2.05, 4.69) is 5.32 Å². The van der Waals surface area contributed by atoms with Gasteiger partial charge in [0.05, 0.1) is 11.9 Å². The average Bonchev–Trinajstić information content (AvgIpc) is 2.87. The van der Waals surface area contributed by atoms with Gasteiger partial charge in [0.2, 0.25) is 21.8 Å². The summed E-state index contributed by atoms with van der Waals surface area (Å²) in [6.45, 7) is 2.31. The third kappa shape index (κ3) is 8.06. The molecular formula is C28H30F3N3O4S. The van der Waals surface area contributed by atoms with E-state index >= 15 is 0 Å². The standard InChI is InChI=1S/C28H30F3N3O4S/c1-19(2)32-28(36)26(15-20-9-5-4-6-10-20)33(17-21-11-7-8-12-23(21)29)27(35)18-34(39(3,37)38)22-13-14-24(30)25(31)16-22/h4-14,16,19,26H,15,17-18H2,1-3H3,(H,32,36)/t26-/m1/s1. The first kappa shape index (κ1) is 29.7. The number of carbonyl (C=O) groups excluding carboxylic acids is 2. The molecule has 39 heavy (non-hydrogen) atoms. The van der Waals surface area contributed by atoms with Crippen LogP contribution in [0.1, 0.15) is 25.0 Å². The van der Waals surface area contributed by atoms with Gasteiger partial charge in [-0.15, -0.1) is 0 Å². The van der Waals surface area contributed by atoms with Gasteiger partial charge in [0.25, 0.3) is 0 Å². The lowest BCUT2D eigenvalue weighted by Gasteiger charge is -2.34. The summed E-state index contributed by atoms with van der Waals surface area (Å²) in [5.74, 6) is -4.45. The number of nitrogens with one attached hydrogen (secondary N) is 1. The van der Waals surface area contributed by atoms with Gasteiger partial charge in [0.15, 0.2) is 11.6 Å². The summed E-state index contributed by atoms with van der Waals surface area (Å²) >= 11 is 0. The molecular weight excluding hydrogens is 531 g/mol. The second-order valence-electron chi connectivity index (χ2n) is 9.35. The van der Waals surface area contributed by atoms with E-state index in [1.165, 1.54) is 18.2 Å². The molecule has 3 rings (SSSR count). The Hall–Kier alpha value is -3.86. The maximum absolute atomic E-state index is 14.7. The number of halogens is 3. The van der Waals surface area contributed by atoms with Crippen molar-refractivity contribution in [2.75, 3.05) is 17.1 Å². The molecule has 3 aromatic rings. The zero-order valence-electron chi connectivity index (χ0n) is 21.8. The number of hydrogen-bond donors (Lipinski definition) is 1.